The van der Waals surface area contributed by atoms with Crippen molar-refractivity contribution in [1.29, 1.82) is 0 Å². The predicted octanol–water partition coefficient (Wildman–Crippen LogP) is 5.94. The van der Waals surface area contributed by atoms with Crippen molar-refractivity contribution in [3.05, 3.63) is 21.5 Å². The van der Waals surface area contributed by atoms with Gasteiger partial charge in [-0.25, -0.2) is 0 Å². The van der Waals surface area contributed by atoms with Crippen LogP contribution >= 0.6 is 0 Å². The molecule has 156 valence electrons. The van der Waals surface area contributed by atoms with Crippen LogP contribution in [-0.2, 0) is 15.2 Å². The molecule has 27 heavy (non-hydrogen) atoms. The molecule has 7 heteroatoms. The van der Waals surface area contributed by atoms with Crippen LogP contribution < -0.4 is 10.6 Å². The molecule has 0 bridgehead atoms. The Labute approximate surface area is 173 Å². The fourth-order valence-electron chi connectivity index (χ4n) is 1.22. The summed E-state index contributed by atoms with van der Waals surface area (Å²) in [4.78, 5) is 0. The summed E-state index contributed by atoms with van der Waals surface area (Å²) in [5, 5.41) is 24.7. The van der Waals surface area contributed by atoms with Gasteiger partial charge in [0.05, 0.1) is 0 Å². The van der Waals surface area contributed by atoms with E-state index >= 15 is 0 Å². The van der Waals surface area contributed by atoms with Crippen molar-refractivity contribution in [2.75, 3.05) is 0 Å². The summed E-state index contributed by atoms with van der Waals surface area (Å²) in [6.07, 6.45) is 3.90. The Morgan fingerprint density at radius 1 is 0.593 bits per heavy atom. The van der Waals surface area contributed by atoms with Gasteiger partial charge in [0, 0.05) is 0 Å². The summed E-state index contributed by atoms with van der Waals surface area (Å²) >= 11 is -0.139. The van der Waals surface area contributed by atoms with Crippen molar-refractivity contribution < 1.29 is 15.2 Å². The molecular formula is C20H40CrN6. The van der Waals surface area contributed by atoms with E-state index in [2.05, 4.69) is 72.6 Å². The molecule has 0 aromatic rings. The first-order valence-corrected chi connectivity index (χ1v) is 10.6. The second kappa shape index (κ2) is 9.84. The standard InChI is InChI=1S/2C10H20N3.Cr/c2*1-9(2,3)11-7-8-12-13-10(4,5)6;/h2*7,11H,1-6H3;. The van der Waals surface area contributed by atoms with Crippen LogP contribution in [0.5, 0.6) is 0 Å². The fraction of sp³-hybridized carbons (Fsp3) is 0.800. The van der Waals surface area contributed by atoms with Crippen molar-refractivity contribution in [3.8, 4) is 0 Å². The molecule has 0 spiro atoms. The van der Waals surface area contributed by atoms with Crippen molar-refractivity contribution in [3.63, 3.8) is 0 Å². The van der Waals surface area contributed by atoms with E-state index in [0.29, 0.717) is 0 Å². The Morgan fingerprint density at radius 2 is 0.889 bits per heavy atom. The molecule has 0 radical (unpaired) electrons. The molecule has 2 N–H and O–H groups in total. The van der Waals surface area contributed by atoms with Gasteiger partial charge >= 0.3 is 173 Å². The zero-order chi connectivity index (χ0) is 21.5. The van der Waals surface area contributed by atoms with Crippen molar-refractivity contribution in [2.24, 2.45) is 20.5 Å². The Morgan fingerprint density at radius 3 is 1.11 bits per heavy atom. The minimum absolute atomic E-state index is 0.0426. The summed E-state index contributed by atoms with van der Waals surface area (Å²) in [5.41, 5.74) is -0.535. The molecule has 0 rings (SSSR count). The first-order chi connectivity index (χ1) is 11.9. The van der Waals surface area contributed by atoms with Gasteiger partial charge < -0.3 is 0 Å². The normalized spacial score (nSPS) is 15.7. The van der Waals surface area contributed by atoms with Gasteiger partial charge in [-0.1, -0.05) is 0 Å². The number of hydrogen-bond acceptors (Lipinski definition) is 6. The third-order valence-corrected chi connectivity index (χ3v) is 3.64. The zero-order valence-electron chi connectivity index (χ0n) is 19.4. The van der Waals surface area contributed by atoms with Crippen LogP contribution in [0.4, 0.5) is 0 Å². The summed E-state index contributed by atoms with van der Waals surface area (Å²) in [5.74, 6) is 0. The first kappa shape index (κ1) is 25.8. The van der Waals surface area contributed by atoms with Gasteiger partial charge in [0.25, 0.3) is 0 Å². The van der Waals surface area contributed by atoms with Crippen molar-refractivity contribution in [2.45, 2.75) is 105 Å². The SMILES string of the molecule is CC(C)(C)N=N[C](=CNC(C)(C)C)[Cr][C](=CNC(C)(C)C)N=NC(C)(C)C. The van der Waals surface area contributed by atoms with Gasteiger partial charge in [-0.2, -0.15) is 0 Å². The molecule has 6 nitrogen and oxygen atoms in total. The van der Waals surface area contributed by atoms with Crippen LogP contribution in [0.2, 0.25) is 0 Å². The van der Waals surface area contributed by atoms with Gasteiger partial charge in [0.1, 0.15) is 0 Å². The quantitative estimate of drug-likeness (QED) is 0.526. The molecule has 0 heterocycles. The molecule has 0 saturated carbocycles. The molecule has 0 aliphatic heterocycles. The molecular weight excluding hydrogens is 376 g/mol. The molecule has 0 fully saturated rings. The monoisotopic (exact) mass is 416 g/mol. The van der Waals surface area contributed by atoms with E-state index in [9.17, 15) is 0 Å². The average molecular weight is 417 g/mol. The number of nitrogens with zero attached hydrogens (tertiary/aromatic N) is 4. The molecule has 0 aromatic carbocycles. The third kappa shape index (κ3) is 18.0. The van der Waals surface area contributed by atoms with Gasteiger partial charge in [0.2, 0.25) is 0 Å². The number of rotatable bonds is 6. The Balaban J connectivity index is 5.74. The predicted molar refractivity (Wildman–Crippen MR) is 111 cm³/mol. The maximum atomic E-state index is 4.51. The molecule has 0 aliphatic rings. The Bertz CT molecular complexity index is 524. The van der Waals surface area contributed by atoms with E-state index in [0.717, 1.165) is 9.12 Å². The van der Waals surface area contributed by atoms with Crippen LogP contribution in [0.1, 0.15) is 83.1 Å². The van der Waals surface area contributed by atoms with Gasteiger partial charge in [-0.15, -0.1) is 0 Å². The Kier molecular flexibility index (Phi) is 9.41. The second-order valence-electron chi connectivity index (χ2n) is 10.6. The molecule has 0 saturated heterocycles. The van der Waals surface area contributed by atoms with E-state index < -0.39 is 0 Å². The molecule has 0 aromatic heterocycles. The van der Waals surface area contributed by atoms with Crippen LogP contribution in [0.15, 0.2) is 42.0 Å². The van der Waals surface area contributed by atoms with E-state index in [1.807, 2.05) is 53.9 Å². The average Bonchev–Trinajstić information content (AvgIpc) is 2.40. The molecule has 0 atom stereocenters. The van der Waals surface area contributed by atoms with E-state index in [-0.39, 0.29) is 37.4 Å². The maximum absolute atomic E-state index is 4.51. The van der Waals surface area contributed by atoms with E-state index in [1.54, 1.807) is 0 Å². The zero-order valence-corrected chi connectivity index (χ0v) is 20.6. The van der Waals surface area contributed by atoms with Crippen LogP contribution in [0.25, 0.3) is 0 Å². The van der Waals surface area contributed by atoms with Crippen molar-refractivity contribution in [1.82, 2.24) is 10.6 Å². The number of azo groups is 2. The summed E-state index contributed by atoms with van der Waals surface area (Å²) in [6, 6.07) is 0. The molecule has 0 amide bonds. The fourth-order valence-corrected chi connectivity index (χ4v) is 2.18. The van der Waals surface area contributed by atoms with E-state index in [4.69, 9.17) is 0 Å². The molecule has 0 aliphatic carbocycles. The summed E-state index contributed by atoms with van der Waals surface area (Å²) in [7, 11) is 0. The third-order valence-electron chi connectivity index (χ3n) is 2.36. The summed E-state index contributed by atoms with van der Waals surface area (Å²) in [6.45, 7) is 24.9. The van der Waals surface area contributed by atoms with Crippen LogP contribution in [0.3, 0.4) is 0 Å². The van der Waals surface area contributed by atoms with Gasteiger partial charge in [-0.05, 0) is 0 Å². The minimum atomic E-state index is -0.225. The number of hydrogen-bond donors (Lipinski definition) is 2. The summed E-state index contributed by atoms with van der Waals surface area (Å²) < 4.78 is 1.75. The first-order valence-electron chi connectivity index (χ1n) is 9.36. The second-order valence-corrected chi connectivity index (χ2v) is 12.2. The van der Waals surface area contributed by atoms with Gasteiger partial charge in [-0.3, -0.25) is 0 Å². The molecule has 0 unspecified atom stereocenters. The van der Waals surface area contributed by atoms with Crippen molar-refractivity contribution >= 4 is 0 Å². The topological polar surface area (TPSA) is 73.5 Å². The Hall–Kier alpha value is -1.19. The van der Waals surface area contributed by atoms with Gasteiger partial charge in [0.15, 0.2) is 0 Å². The van der Waals surface area contributed by atoms with E-state index in [1.165, 1.54) is 0 Å². The number of nitrogens with one attached hydrogen (secondary N) is 2. The van der Waals surface area contributed by atoms with Crippen LogP contribution in [-0.4, -0.2) is 22.2 Å². The van der Waals surface area contributed by atoms with Crippen LogP contribution in [0, 0.1) is 0 Å².